The molecule has 19 heavy (non-hydrogen) atoms. The topological polar surface area (TPSA) is 54.9 Å². The molecule has 1 heterocycles. The molecule has 0 saturated heterocycles. The third-order valence-corrected chi connectivity index (χ3v) is 3.48. The van der Waals surface area contributed by atoms with E-state index in [-0.39, 0.29) is 12.3 Å². The zero-order chi connectivity index (χ0) is 13.8. The maximum Gasteiger partial charge on any atom is 0.229 e. The van der Waals surface area contributed by atoms with Crippen molar-refractivity contribution in [1.82, 2.24) is 9.97 Å². The monoisotopic (exact) mass is 339 g/mol. The van der Waals surface area contributed by atoms with Gasteiger partial charge >= 0.3 is 0 Å². The van der Waals surface area contributed by atoms with Crippen LogP contribution in [-0.2, 0) is 11.2 Å². The molecule has 2 aromatic rings. The highest BCUT2D eigenvalue weighted by atomic mass is 79.9. The van der Waals surface area contributed by atoms with Crippen LogP contribution in [0.25, 0.3) is 0 Å². The minimum Gasteiger partial charge on any atom is -0.309 e. The normalized spacial score (nSPS) is 10.3. The van der Waals surface area contributed by atoms with E-state index in [1.807, 2.05) is 24.3 Å². The number of amides is 1. The molecule has 0 saturated carbocycles. The van der Waals surface area contributed by atoms with Crippen molar-refractivity contribution in [2.45, 2.75) is 13.3 Å². The van der Waals surface area contributed by atoms with Crippen LogP contribution in [0.2, 0.25) is 5.02 Å². The van der Waals surface area contributed by atoms with Crippen LogP contribution in [0, 0.1) is 6.92 Å². The van der Waals surface area contributed by atoms with Crippen LogP contribution in [0.1, 0.15) is 11.3 Å². The fourth-order valence-corrected chi connectivity index (χ4v) is 1.92. The molecule has 0 atom stereocenters. The first-order valence-corrected chi connectivity index (χ1v) is 6.75. The highest BCUT2D eigenvalue weighted by molar-refractivity contribution is 9.10. The van der Waals surface area contributed by atoms with Crippen molar-refractivity contribution < 1.29 is 4.79 Å². The summed E-state index contributed by atoms with van der Waals surface area (Å²) < 4.78 is 0.978. The van der Waals surface area contributed by atoms with E-state index in [2.05, 4.69) is 31.2 Å². The van der Waals surface area contributed by atoms with Crippen molar-refractivity contribution in [3.63, 3.8) is 0 Å². The van der Waals surface area contributed by atoms with Crippen molar-refractivity contribution in [3.8, 4) is 0 Å². The van der Waals surface area contributed by atoms with E-state index in [1.165, 1.54) is 6.33 Å². The van der Waals surface area contributed by atoms with E-state index < -0.39 is 0 Å². The molecule has 1 N–H and O–H groups in total. The van der Waals surface area contributed by atoms with Gasteiger partial charge in [-0.05, 0) is 24.6 Å². The molecule has 6 heteroatoms. The van der Waals surface area contributed by atoms with Crippen molar-refractivity contribution in [1.29, 1.82) is 0 Å². The van der Waals surface area contributed by atoms with Gasteiger partial charge < -0.3 is 5.32 Å². The van der Waals surface area contributed by atoms with E-state index in [1.54, 1.807) is 6.92 Å². The zero-order valence-corrected chi connectivity index (χ0v) is 12.5. The van der Waals surface area contributed by atoms with Crippen LogP contribution in [0.15, 0.2) is 35.1 Å². The summed E-state index contributed by atoms with van der Waals surface area (Å²) >= 11 is 9.36. The second-order valence-electron chi connectivity index (χ2n) is 3.97. The summed E-state index contributed by atoms with van der Waals surface area (Å²) in [6.45, 7) is 1.76. The molecule has 1 aromatic heterocycles. The number of hydrogen-bond donors (Lipinski definition) is 1. The molecule has 0 fully saturated rings. The minimum absolute atomic E-state index is 0.165. The second-order valence-corrected chi connectivity index (χ2v) is 5.27. The first-order chi connectivity index (χ1) is 9.06. The maximum absolute atomic E-state index is 11.9. The number of hydrogen-bond acceptors (Lipinski definition) is 3. The first kappa shape index (κ1) is 14.0. The van der Waals surface area contributed by atoms with Crippen LogP contribution >= 0.6 is 27.5 Å². The third-order valence-electron chi connectivity index (χ3n) is 2.50. The third kappa shape index (κ3) is 3.75. The van der Waals surface area contributed by atoms with E-state index in [0.717, 1.165) is 10.0 Å². The molecule has 4 nitrogen and oxygen atoms in total. The lowest BCUT2D eigenvalue weighted by atomic mass is 10.1. The number of anilines is 1. The summed E-state index contributed by atoms with van der Waals surface area (Å²) in [5, 5.41) is 3.05. The molecule has 0 unspecified atom stereocenters. The lowest BCUT2D eigenvalue weighted by Gasteiger charge is -2.07. The van der Waals surface area contributed by atoms with Crippen molar-refractivity contribution in [3.05, 3.63) is 51.3 Å². The predicted molar refractivity (Wildman–Crippen MR) is 78.3 cm³/mol. The summed E-state index contributed by atoms with van der Waals surface area (Å²) in [6.07, 6.45) is 1.64. The quantitative estimate of drug-likeness (QED) is 0.932. The average molecular weight is 341 g/mol. The smallest absolute Gasteiger partial charge is 0.229 e. The molecule has 1 amide bonds. The van der Waals surface area contributed by atoms with Crippen LogP contribution in [-0.4, -0.2) is 15.9 Å². The Labute approximate surface area is 124 Å². The van der Waals surface area contributed by atoms with Gasteiger partial charge in [0.25, 0.3) is 0 Å². The number of carbonyl (C=O) groups excluding carboxylic acids is 1. The summed E-state index contributed by atoms with van der Waals surface area (Å²) in [7, 11) is 0. The van der Waals surface area contributed by atoms with Gasteiger partial charge in [0.15, 0.2) is 5.82 Å². The SMILES string of the molecule is Cc1ncnc(NC(=O)Cc2ccc(Br)cc2)c1Cl. The Kier molecular flexibility index (Phi) is 4.50. The Bertz CT molecular complexity index is 601. The molecule has 1 aromatic carbocycles. The predicted octanol–water partition coefficient (Wildman–Crippen LogP) is 3.38. The number of nitrogens with one attached hydrogen (secondary N) is 1. The highest BCUT2D eigenvalue weighted by Crippen LogP contribution is 2.21. The van der Waals surface area contributed by atoms with Crippen LogP contribution in [0.3, 0.4) is 0 Å². The summed E-state index contributed by atoms with van der Waals surface area (Å²) in [5.41, 5.74) is 1.55. The van der Waals surface area contributed by atoms with E-state index in [9.17, 15) is 4.79 Å². The zero-order valence-electron chi connectivity index (χ0n) is 10.2. The van der Waals surface area contributed by atoms with E-state index >= 15 is 0 Å². The standard InChI is InChI=1S/C13H11BrClN3O/c1-8-12(15)13(17-7-16-8)18-11(19)6-9-2-4-10(14)5-3-9/h2-5,7H,6H2,1H3,(H,16,17,18,19). The highest BCUT2D eigenvalue weighted by Gasteiger charge is 2.10. The lowest BCUT2D eigenvalue weighted by Crippen LogP contribution is -2.16. The lowest BCUT2D eigenvalue weighted by molar-refractivity contribution is -0.115. The van der Waals surface area contributed by atoms with Gasteiger partial charge in [0.1, 0.15) is 11.3 Å². The average Bonchev–Trinajstić information content (AvgIpc) is 2.38. The molecule has 0 aliphatic heterocycles. The number of rotatable bonds is 3. The molecule has 98 valence electrons. The van der Waals surface area contributed by atoms with Crippen LogP contribution < -0.4 is 5.32 Å². The van der Waals surface area contributed by atoms with E-state index in [0.29, 0.717) is 16.5 Å². The van der Waals surface area contributed by atoms with Crippen LogP contribution in [0.5, 0.6) is 0 Å². The van der Waals surface area contributed by atoms with Crippen molar-refractivity contribution in [2.24, 2.45) is 0 Å². The number of aromatic nitrogens is 2. The Balaban J connectivity index is 2.05. The first-order valence-electron chi connectivity index (χ1n) is 5.57. The van der Waals surface area contributed by atoms with E-state index in [4.69, 9.17) is 11.6 Å². The number of benzene rings is 1. The van der Waals surface area contributed by atoms with Crippen molar-refractivity contribution >= 4 is 39.3 Å². The maximum atomic E-state index is 11.9. The fourth-order valence-electron chi connectivity index (χ4n) is 1.51. The summed E-state index contributed by atoms with van der Waals surface area (Å²) in [4.78, 5) is 19.8. The molecule has 0 aliphatic carbocycles. The molecular formula is C13H11BrClN3O. The number of carbonyl (C=O) groups is 1. The Morgan fingerprint density at radius 1 is 1.32 bits per heavy atom. The van der Waals surface area contributed by atoms with Gasteiger partial charge in [-0.1, -0.05) is 39.7 Å². The van der Waals surface area contributed by atoms with Gasteiger partial charge in [-0.3, -0.25) is 4.79 Å². The Morgan fingerprint density at radius 2 is 2.00 bits per heavy atom. The number of halogens is 2. The molecule has 0 spiro atoms. The minimum atomic E-state index is -0.165. The van der Waals surface area contributed by atoms with Gasteiger partial charge in [-0.15, -0.1) is 0 Å². The number of aryl methyl sites for hydroxylation is 1. The summed E-state index contributed by atoms with van der Waals surface area (Å²) in [6, 6.07) is 7.56. The van der Waals surface area contributed by atoms with Crippen LogP contribution in [0.4, 0.5) is 5.82 Å². The molecule has 2 rings (SSSR count). The van der Waals surface area contributed by atoms with Gasteiger partial charge in [0.2, 0.25) is 5.91 Å². The van der Waals surface area contributed by atoms with Gasteiger partial charge in [0, 0.05) is 4.47 Å². The Hall–Kier alpha value is -1.46. The molecule has 0 aliphatic rings. The summed E-state index contributed by atoms with van der Waals surface area (Å²) in [5.74, 6) is 0.179. The Morgan fingerprint density at radius 3 is 2.68 bits per heavy atom. The molecular weight excluding hydrogens is 330 g/mol. The van der Waals surface area contributed by atoms with Gasteiger partial charge in [-0.2, -0.15) is 0 Å². The van der Waals surface area contributed by atoms with Gasteiger partial charge in [-0.25, -0.2) is 9.97 Å². The molecule has 0 bridgehead atoms. The molecule has 0 radical (unpaired) electrons. The number of nitrogens with zero attached hydrogens (tertiary/aromatic N) is 2. The largest absolute Gasteiger partial charge is 0.309 e. The van der Waals surface area contributed by atoms with Gasteiger partial charge in [0.05, 0.1) is 12.1 Å². The second kappa shape index (κ2) is 6.12. The fraction of sp³-hybridized carbons (Fsp3) is 0.154. The van der Waals surface area contributed by atoms with Crippen molar-refractivity contribution in [2.75, 3.05) is 5.32 Å².